The maximum atomic E-state index is 12.3. The lowest BCUT2D eigenvalue weighted by Crippen LogP contribution is -2.30. The lowest BCUT2D eigenvalue weighted by atomic mass is 9.77. The Morgan fingerprint density at radius 2 is 1.37 bits per heavy atom. The summed E-state index contributed by atoms with van der Waals surface area (Å²) in [6.45, 7) is 6.26. The number of carbonyl (C=O) groups is 1. The van der Waals surface area contributed by atoms with Crippen LogP contribution in [0.1, 0.15) is 83.3 Å². The van der Waals surface area contributed by atoms with Gasteiger partial charge in [-0.1, -0.05) is 31.1 Å². The zero-order valence-electron chi connectivity index (χ0n) is 33.1. The zero-order chi connectivity index (χ0) is 44.0. The number of nitrogens with one attached hydrogen (secondary N) is 1. The first kappa shape index (κ1) is 48.0. The van der Waals surface area contributed by atoms with Gasteiger partial charge in [0.05, 0.1) is 33.3 Å². The molecular weight excluding hydrogens is 849 g/mol. The number of carbonyl (C=O) groups excluding carboxylic acids is 1. The van der Waals surface area contributed by atoms with E-state index in [1.807, 2.05) is 36.3 Å². The number of Topliss-reactive ketones (excluding diaryl/α,β-unsaturated/α-hetero) is 1. The minimum atomic E-state index is -4.59. The molecular formula is C38H53N4O13S4+. The summed E-state index contributed by atoms with van der Waals surface area (Å²) in [6, 6.07) is 8.47. The van der Waals surface area contributed by atoms with Crippen LogP contribution in [0.25, 0.3) is 0 Å². The van der Waals surface area contributed by atoms with E-state index >= 15 is 0 Å². The summed E-state index contributed by atoms with van der Waals surface area (Å²) in [7, 11) is -17.6. The standard InChI is InChI=1S/C38H52N4O13S4/c1-37(2)31-25-29(58(50,51)52)16-18-33(31)41(22-12-24-57(47,48)49)35(37)14-7-4-8-15-36-38(3,20-9-11-23-56(44,45)46)32-26-30(59(53,54)55)17-19-34(32)42(36)21-10-5-6-13-28(43)27-40-39/h4,7-8,14-19,25-26,40H,5-6,9-13,20-24,27,39H2,1-3H3,(H3-,44,45,46,47,48,49,50,51,52,53,54,55)/p+1. The van der Waals surface area contributed by atoms with Gasteiger partial charge in [-0.05, 0) is 88.4 Å². The fraction of sp³-hybridized carbons (Fsp3) is 0.474. The SMILES string of the molecule is CC1(C)C(C=CC=CC=C2N(CCCCCC(=O)CNN)c3ccc(S(=O)(=O)O)cc3C2(C)CCCCS(=O)(=O)O)=[N+](CCCS(=O)(=O)O)c2ccc(S(=O)(=O)O)cc21. The molecule has 2 aliphatic heterocycles. The molecule has 0 aromatic heterocycles. The molecule has 1 unspecified atom stereocenters. The predicted molar refractivity (Wildman–Crippen MR) is 223 cm³/mol. The summed E-state index contributed by atoms with van der Waals surface area (Å²) in [5, 5.41) is 0. The molecule has 0 amide bonds. The van der Waals surface area contributed by atoms with Gasteiger partial charge in [0.25, 0.3) is 40.5 Å². The number of ketones is 1. The second kappa shape index (κ2) is 19.0. The van der Waals surface area contributed by atoms with E-state index < -0.39 is 62.8 Å². The van der Waals surface area contributed by atoms with E-state index in [2.05, 4.69) is 5.43 Å². The van der Waals surface area contributed by atoms with Crippen molar-refractivity contribution < 1.29 is 61.3 Å². The van der Waals surface area contributed by atoms with Crippen LogP contribution in [0.2, 0.25) is 0 Å². The molecule has 0 saturated carbocycles. The lowest BCUT2D eigenvalue weighted by Gasteiger charge is -2.30. The number of nitrogens with zero attached hydrogens (tertiary/aromatic N) is 2. The van der Waals surface area contributed by atoms with Crippen molar-refractivity contribution in [3.05, 3.63) is 83.6 Å². The van der Waals surface area contributed by atoms with Crippen LogP contribution in [-0.2, 0) is 56.1 Å². The van der Waals surface area contributed by atoms with E-state index in [1.54, 1.807) is 30.4 Å². The maximum Gasteiger partial charge on any atom is 0.294 e. The minimum absolute atomic E-state index is 0.0277. The number of anilines is 1. The van der Waals surface area contributed by atoms with E-state index in [1.165, 1.54) is 30.3 Å². The number of allylic oxidation sites excluding steroid dienone is 6. The maximum absolute atomic E-state index is 12.3. The predicted octanol–water partition coefficient (Wildman–Crippen LogP) is 4.26. The minimum Gasteiger partial charge on any atom is -0.344 e. The number of hydrogen-bond donors (Lipinski definition) is 6. The number of hydrazine groups is 1. The van der Waals surface area contributed by atoms with Gasteiger partial charge in [-0.3, -0.25) is 34.3 Å². The number of hydrogen-bond acceptors (Lipinski definition) is 12. The highest BCUT2D eigenvalue weighted by Gasteiger charge is 2.45. The number of fused-ring (bicyclic) bond motifs is 2. The van der Waals surface area contributed by atoms with Gasteiger partial charge >= 0.3 is 0 Å². The van der Waals surface area contributed by atoms with Crippen LogP contribution < -0.4 is 16.2 Å². The Labute approximate surface area is 346 Å². The van der Waals surface area contributed by atoms with E-state index in [4.69, 9.17) is 5.84 Å². The molecule has 21 heteroatoms. The molecule has 0 spiro atoms. The molecule has 1 atom stereocenters. The first-order valence-corrected chi connectivity index (χ1v) is 25.0. The fourth-order valence-corrected chi connectivity index (χ4v) is 9.83. The van der Waals surface area contributed by atoms with Crippen LogP contribution in [0.15, 0.2) is 82.3 Å². The monoisotopic (exact) mass is 901 g/mol. The average Bonchev–Trinajstić information content (AvgIpc) is 3.47. The summed E-state index contributed by atoms with van der Waals surface area (Å²) < 4.78 is 135. The summed E-state index contributed by atoms with van der Waals surface area (Å²) in [6.07, 6.45) is 12.0. The molecule has 4 rings (SSSR count). The molecule has 2 aliphatic rings. The average molecular weight is 902 g/mol. The number of rotatable bonds is 22. The van der Waals surface area contributed by atoms with Crippen molar-refractivity contribution >= 4 is 63.3 Å². The van der Waals surface area contributed by atoms with Crippen LogP contribution in [0.3, 0.4) is 0 Å². The Hall–Kier alpha value is -3.64. The van der Waals surface area contributed by atoms with E-state index in [9.17, 15) is 56.7 Å². The molecule has 0 saturated heterocycles. The molecule has 2 aromatic carbocycles. The summed E-state index contributed by atoms with van der Waals surface area (Å²) in [5.41, 5.74) is 4.48. The van der Waals surface area contributed by atoms with Crippen molar-refractivity contribution in [2.24, 2.45) is 5.84 Å². The molecule has 0 aliphatic carbocycles. The van der Waals surface area contributed by atoms with Gasteiger partial charge in [0, 0.05) is 53.9 Å². The molecule has 7 N–H and O–H groups in total. The van der Waals surface area contributed by atoms with Crippen molar-refractivity contribution in [2.75, 3.05) is 36.0 Å². The second-order valence-electron chi connectivity index (χ2n) is 15.4. The third-order valence-electron chi connectivity index (χ3n) is 10.6. The molecule has 326 valence electrons. The fourth-order valence-electron chi connectivity index (χ4n) is 7.75. The topological polar surface area (TPSA) is 279 Å². The zero-order valence-corrected chi connectivity index (χ0v) is 36.4. The third-order valence-corrected chi connectivity index (χ3v) is 14.0. The van der Waals surface area contributed by atoms with E-state index in [0.29, 0.717) is 73.3 Å². The highest BCUT2D eigenvalue weighted by molar-refractivity contribution is 7.86. The number of benzene rings is 2. The Morgan fingerprint density at radius 3 is 1.98 bits per heavy atom. The molecule has 0 radical (unpaired) electrons. The first-order chi connectivity index (χ1) is 27.3. The summed E-state index contributed by atoms with van der Waals surface area (Å²) >= 11 is 0. The van der Waals surface area contributed by atoms with Gasteiger partial charge in [-0.25, -0.2) is 0 Å². The van der Waals surface area contributed by atoms with Gasteiger partial charge in [-0.2, -0.15) is 38.2 Å². The molecule has 59 heavy (non-hydrogen) atoms. The second-order valence-corrected chi connectivity index (χ2v) is 21.3. The number of nitrogens with two attached hydrogens (primary N) is 1. The van der Waals surface area contributed by atoms with Crippen LogP contribution >= 0.6 is 0 Å². The van der Waals surface area contributed by atoms with Gasteiger partial charge in [0.2, 0.25) is 5.69 Å². The third kappa shape index (κ3) is 12.5. The Kier molecular flexibility index (Phi) is 15.4. The Bertz CT molecular complexity index is 2500. The van der Waals surface area contributed by atoms with Crippen molar-refractivity contribution in [3.8, 4) is 0 Å². The highest BCUT2D eigenvalue weighted by Crippen LogP contribution is 2.51. The van der Waals surface area contributed by atoms with E-state index in [0.717, 1.165) is 5.70 Å². The molecule has 2 heterocycles. The first-order valence-electron chi connectivity index (χ1n) is 18.9. The molecule has 17 nitrogen and oxygen atoms in total. The van der Waals surface area contributed by atoms with Crippen LogP contribution in [-0.4, -0.2) is 99.1 Å². The smallest absolute Gasteiger partial charge is 0.294 e. The summed E-state index contributed by atoms with van der Waals surface area (Å²) in [5.74, 6) is 4.27. The van der Waals surface area contributed by atoms with Crippen LogP contribution in [0, 0.1) is 0 Å². The summed E-state index contributed by atoms with van der Waals surface area (Å²) in [4.78, 5) is 13.4. The Morgan fingerprint density at radius 1 is 0.763 bits per heavy atom. The van der Waals surface area contributed by atoms with Crippen molar-refractivity contribution in [2.45, 2.75) is 92.8 Å². The largest absolute Gasteiger partial charge is 0.344 e. The normalized spacial score (nSPS) is 19.1. The molecule has 2 aromatic rings. The quantitative estimate of drug-likeness (QED) is 0.0240. The van der Waals surface area contributed by atoms with Crippen molar-refractivity contribution in [3.63, 3.8) is 0 Å². The van der Waals surface area contributed by atoms with Gasteiger partial charge in [0.1, 0.15) is 12.3 Å². The van der Waals surface area contributed by atoms with Gasteiger partial charge < -0.3 is 4.90 Å². The van der Waals surface area contributed by atoms with Gasteiger partial charge in [-0.15, -0.1) is 0 Å². The number of unbranched alkanes of at least 4 members (excludes halogenated alkanes) is 3. The van der Waals surface area contributed by atoms with Crippen LogP contribution in [0.5, 0.6) is 0 Å². The van der Waals surface area contributed by atoms with Gasteiger partial charge in [0.15, 0.2) is 5.71 Å². The van der Waals surface area contributed by atoms with Crippen molar-refractivity contribution in [1.82, 2.24) is 5.43 Å². The molecule has 0 bridgehead atoms. The van der Waals surface area contributed by atoms with E-state index in [-0.39, 0.29) is 41.5 Å². The van der Waals surface area contributed by atoms with Crippen LogP contribution in [0.4, 0.5) is 11.4 Å². The molecule has 0 fully saturated rings. The van der Waals surface area contributed by atoms with Crippen molar-refractivity contribution in [1.29, 1.82) is 0 Å². The Balaban J connectivity index is 1.75. The lowest BCUT2D eigenvalue weighted by molar-refractivity contribution is -0.437. The highest BCUT2D eigenvalue weighted by atomic mass is 32.2.